The number of aromatic carboxylic acids is 1. The monoisotopic (exact) mass is 234 g/mol. The third-order valence-electron chi connectivity index (χ3n) is 2.60. The summed E-state index contributed by atoms with van der Waals surface area (Å²) in [7, 11) is 0. The smallest absolute Gasteiger partial charge is 0.356 e. The highest BCUT2D eigenvalue weighted by molar-refractivity contribution is 6.22. The van der Waals surface area contributed by atoms with Crippen molar-refractivity contribution in [3.63, 3.8) is 0 Å². The second-order valence-corrected chi connectivity index (χ2v) is 3.85. The molecule has 1 N–H and O–H groups in total. The SMILES string of the molecule is CC1CC(=O)N(c2cccnc2C(=O)O)C1=O. The van der Waals surface area contributed by atoms with Crippen LogP contribution in [0.4, 0.5) is 5.69 Å². The number of aromatic nitrogens is 1. The lowest BCUT2D eigenvalue weighted by Crippen LogP contribution is -2.31. The molecule has 88 valence electrons. The van der Waals surface area contributed by atoms with Crippen molar-refractivity contribution in [2.75, 3.05) is 4.90 Å². The molecule has 2 heterocycles. The Hall–Kier alpha value is -2.24. The fraction of sp³-hybridized carbons (Fsp3) is 0.273. The highest BCUT2D eigenvalue weighted by Gasteiger charge is 2.38. The Balaban J connectivity index is 2.51. The summed E-state index contributed by atoms with van der Waals surface area (Å²) >= 11 is 0. The van der Waals surface area contributed by atoms with Gasteiger partial charge in [0.25, 0.3) is 0 Å². The Labute approximate surface area is 96.9 Å². The van der Waals surface area contributed by atoms with Gasteiger partial charge in [-0.25, -0.2) is 14.7 Å². The lowest BCUT2D eigenvalue weighted by Gasteiger charge is -2.15. The predicted octanol–water partition coefficient (Wildman–Crippen LogP) is 0.679. The van der Waals surface area contributed by atoms with E-state index >= 15 is 0 Å². The fourth-order valence-electron chi connectivity index (χ4n) is 1.78. The van der Waals surface area contributed by atoms with E-state index < -0.39 is 17.8 Å². The highest BCUT2D eigenvalue weighted by atomic mass is 16.4. The molecule has 6 heteroatoms. The average molecular weight is 234 g/mol. The number of carboxylic acid groups (broad SMARTS) is 1. The number of hydrogen-bond acceptors (Lipinski definition) is 4. The van der Waals surface area contributed by atoms with Crippen molar-refractivity contribution >= 4 is 23.5 Å². The largest absolute Gasteiger partial charge is 0.476 e. The summed E-state index contributed by atoms with van der Waals surface area (Å²) in [5.74, 6) is -2.45. The van der Waals surface area contributed by atoms with Crippen LogP contribution in [-0.2, 0) is 9.59 Å². The molecule has 0 aromatic carbocycles. The number of amides is 2. The van der Waals surface area contributed by atoms with Crippen LogP contribution in [-0.4, -0.2) is 27.9 Å². The van der Waals surface area contributed by atoms with Crippen LogP contribution in [0, 0.1) is 5.92 Å². The second-order valence-electron chi connectivity index (χ2n) is 3.85. The summed E-state index contributed by atoms with van der Waals surface area (Å²) in [6.07, 6.45) is 1.41. The van der Waals surface area contributed by atoms with E-state index in [0.717, 1.165) is 4.90 Å². The molecule has 1 aromatic rings. The Morgan fingerprint density at radius 1 is 1.53 bits per heavy atom. The van der Waals surface area contributed by atoms with Gasteiger partial charge in [0, 0.05) is 18.5 Å². The van der Waals surface area contributed by atoms with E-state index in [-0.39, 0.29) is 23.7 Å². The molecule has 1 fully saturated rings. The van der Waals surface area contributed by atoms with E-state index in [1.807, 2.05) is 0 Å². The molecule has 6 nitrogen and oxygen atoms in total. The molecule has 2 amide bonds. The second kappa shape index (κ2) is 3.97. The summed E-state index contributed by atoms with van der Waals surface area (Å²) < 4.78 is 0. The number of nitrogens with zero attached hydrogens (tertiary/aromatic N) is 2. The number of carboxylic acids is 1. The highest BCUT2D eigenvalue weighted by Crippen LogP contribution is 2.27. The van der Waals surface area contributed by atoms with E-state index in [9.17, 15) is 14.4 Å². The fourth-order valence-corrected chi connectivity index (χ4v) is 1.78. The summed E-state index contributed by atoms with van der Waals surface area (Å²) in [5.41, 5.74) is -0.248. The van der Waals surface area contributed by atoms with Crippen molar-refractivity contribution in [3.8, 4) is 0 Å². The maximum absolute atomic E-state index is 11.8. The lowest BCUT2D eigenvalue weighted by atomic mass is 10.1. The summed E-state index contributed by atoms with van der Waals surface area (Å²) in [6.45, 7) is 1.64. The van der Waals surface area contributed by atoms with Crippen LogP contribution >= 0.6 is 0 Å². The molecule has 0 bridgehead atoms. The van der Waals surface area contributed by atoms with E-state index in [4.69, 9.17) is 5.11 Å². The third-order valence-corrected chi connectivity index (χ3v) is 2.60. The minimum atomic E-state index is -1.26. The Bertz CT molecular complexity index is 512. The molecule has 0 spiro atoms. The molecule has 0 aliphatic carbocycles. The lowest BCUT2D eigenvalue weighted by molar-refractivity contribution is -0.122. The summed E-state index contributed by atoms with van der Waals surface area (Å²) in [6, 6.07) is 2.90. The van der Waals surface area contributed by atoms with Gasteiger partial charge in [-0.15, -0.1) is 0 Å². The number of hydrogen-bond donors (Lipinski definition) is 1. The van der Waals surface area contributed by atoms with Crippen LogP contribution in [0.3, 0.4) is 0 Å². The van der Waals surface area contributed by atoms with Crippen molar-refractivity contribution in [3.05, 3.63) is 24.0 Å². The van der Waals surface area contributed by atoms with Gasteiger partial charge in [0.1, 0.15) is 0 Å². The van der Waals surface area contributed by atoms with Crippen LogP contribution in [0.2, 0.25) is 0 Å². The first-order chi connectivity index (χ1) is 8.02. The zero-order valence-corrected chi connectivity index (χ0v) is 9.08. The minimum Gasteiger partial charge on any atom is -0.476 e. The van der Waals surface area contributed by atoms with Gasteiger partial charge in [-0.1, -0.05) is 6.92 Å². The number of carbonyl (C=O) groups excluding carboxylic acids is 2. The van der Waals surface area contributed by atoms with Crippen LogP contribution in [0.5, 0.6) is 0 Å². The molecule has 17 heavy (non-hydrogen) atoms. The van der Waals surface area contributed by atoms with Gasteiger partial charge < -0.3 is 5.11 Å². The minimum absolute atomic E-state index is 0.0411. The molecular weight excluding hydrogens is 224 g/mol. The number of rotatable bonds is 2. The topological polar surface area (TPSA) is 87.6 Å². The van der Waals surface area contributed by atoms with Crippen molar-refractivity contribution in [2.45, 2.75) is 13.3 Å². The number of pyridine rings is 1. The first-order valence-corrected chi connectivity index (χ1v) is 5.07. The number of anilines is 1. The van der Waals surface area contributed by atoms with Crippen molar-refractivity contribution in [2.24, 2.45) is 5.92 Å². The normalized spacial score (nSPS) is 19.8. The molecule has 1 aromatic heterocycles. The van der Waals surface area contributed by atoms with Gasteiger partial charge in [-0.05, 0) is 12.1 Å². The van der Waals surface area contributed by atoms with Crippen LogP contribution < -0.4 is 4.90 Å². The standard InChI is InChI=1S/C11H10N2O4/c1-6-5-8(14)13(10(6)15)7-3-2-4-12-9(7)11(16)17/h2-4,6H,5H2,1H3,(H,16,17). The van der Waals surface area contributed by atoms with E-state index in [0.29, 0.717) is 0 Å². The van der Waals surface area contributed by atoms with Crippen LogP contribution in [0.15, 0.2) is 18.3 Å². The molecule has 1 aliphatic rings. The third kappa shape index (κ3) is 1.77. The summed E-state index contributed by atoms with van der Waals surface area (Å²) in [5, 5.41) is 8.95. The number of imide groups is 1. The molecule has 0 radical (unpaired) electrons. The van der Waals surface area contributed by atoms with E-state index in [2.05, 4.69) is 4.98 Å². The van der Waals surface area contributed by atoms with Gasteiger partial charge in [0.05, 0.1) is 5.69 Å². The van der Waals surface area contributed by atoms with Crippen LogP contribution in [0.1, 0.15) is 23.8 Å². The molecule has 1 aliphatic heterocycles. The molecule has 1 atom stereocenters. The van der Waals surface area contributed by atoms with Crippen molar-refractivity contribution in [1.82, 2.24) is 4.98 Å². The van der Waals surface area contributed by atoms with Gasteiger partial charge in [-0.3, -0.25) is 9.59 Å². The average Bonchev–Trinajstić information content (AvgIpc) is 2.53. The summed E-state index contributed by atoms with van der Waals surface area (Å²) in [4.78, 5) is 39.0. The van der Waals surface area contributed by atoms with E-state index in [1.54, 1.807) is 6.92 Å². The Kier molecular flexibility index (Phi) is 2.63. The van der Waals surface area contributed by atoms with Gasteiger partial charge >= 0.3 is 5.97 Å². The molecular formula is C11H10N2O4. The molecule has 0 saturated carbocycles. The van der Waals surface area contributed by atoms with E-state index in [1.165, 1.54) is 18.3 Å². The van der Waals surface area contributed by atoms with Gasteiger partial charge in [-0.2, -0.15) is 0 Å². The first-order valence-electron chi connectivity index (χ1n) is 5.07. The van der Waals surface area contributed by atoms with Gasteiger partial charge in [0.15, 0.2) is 5.69 Å². The zero-order valence-electron chi connectivity index (χ0n) is 9.08. The molecule has 1 saturated heterocycles. The van der Waals surface area contributed by atoms with Gasteiger partial charge in [0.2, 0.25) is 11.8 Å². The van der Waals surface area contributed by atoms with Crippen molar-refractivity contribution in [1.29, 1.82) is 0 Å². The maximum Gasteiger partial charge on any atom is 0.356 e. The Morgan fingerprint density at radius 2 is 2.24 bits per heavy atom. The molecule has 1 unspecified atom stereocenters. The quantitative estimate of drug-likeness (QED) is 0.760. The Morgan fingerprint density at radius 3 is 2.76 bits per heavy atom. The molecule has 2 rings (SSSR count). The maximum atomic E-state index is 11.8. The van der Waals surface area contributed by atoms with Crippen molar-refractivity contribution < 1.29 is 19.5 Å². The number of carbonyl (C=O) groups is 3. The first kappa shape index (κ1) is 11.3. The predicted molar refractivity (Wildman–Crippen MR) is 57.5 cm³/mol. The zero-order chi connectivity index (χ0) is 12.6. The van der Waals surface area contributed by atoms with Crippen LogP contribution in [0.25, 0.3) is 0 Å².